The maximum Gasteiger partial charge on any atom is 0.489 e. The van der Waals surface area contributed by atoms with E-state index >= 15 is 0 Å². The van der Waals surface area contributed by atoms with Gasteiger partial charge in [-0.2, -0.15) is 0 Å². The summed E-state index contributed by atoms with van der Waals surface area (Å²) in [6, 6.07) is 0. The molecular formula is C19H39BO4Si. The van der Waals surface area contributed by atoms with Crippen molar-refractivity contribution in [2.75, 3.05) is 0 Å². The number of hydrogen-bond donors (Lipinski definition) is 1. The van der Waals surface area contributed by atoms with Gasteiger partial charge in [-0.25, -0.2) is 0 Å². The van der Waals surface area contributed by atoms with E-state index in [1.807, 2.05) is 47.6 Å². The molecule has 0 amide bonds. The zero-order valence-corrected chi connectivity index (χ0v) is 19.2. The van der Waals surface area contributed by atoms with Gasteiger partial charge >= 0.3 is 7.12 Å². The minimum Gasteiger partial charge on any atom is -0.412 e. The van der Waals surface area contributed by atoms with Crippen LogP contribution < -0.4 is 0 Å². The molecule has 25 heavy (non-hydrogen) atoms. The van der Waals surface area contributed by atoms with E-state index in [1.165, 1.54) is 0 Å². The molecule has 0 aromatic rings. The highest BCUT2D eigenvalue weighted by Crippen LogP contribution is 2.39. The van der Waals surface area contributed by atoms with Gasteiger partial charge in [0.2, 0.25) is 0 Å². The van der Waals surface area contributed by atoms with Gasteiger partial charge in [0, 0.05) is 0 Å². The maximum absolute atomic E-state index is 10.5. The second kappa shape index (κ2) is 7.47. The lowest BCUT2D eigenvalue weighted by atomic mass is 9.78. The summed E-state index contributed by atoms with van der Waals surface area (Å²) in [6.45, 7) is 23.2. The molecule has 0 spiro atoms. The van der Waals surface area contributed by atoms with Gasteiger partial charge in [-0.15, -0.1) is 0 Å². The molecular weight excluding hydrogens is 331 g/mol. The highest BCUT2D eigenvalue weighted by Gasteiger charge is 2.51. The Balaban J connectivity index is 2.66. The first-order chi connectivity index (χ1) is 11.0. The van der Waals surface area contributed by atoms with E-state index in [2.05, 4.69) is 33.9 Å². The van der Waals surface area contributed by atoms with Gasteiger partial charge in [0.15, 0.2) is 8.32 Å². The van der Waals surface area contributed by atoms with E-state index < -0.39 is 14.4 Å². The van der Waals surface area contributed by atoms with Crippen LogP contribution in [-0.4, -0.2) is 44.0 Å². The lowest BCUT2D eigenvalue weighted by molar-refractivity contribution is 0.00578. The summed E-state index contributed by atoms with van der Waals surface area (Å²) in [7, 11) is -2.23. The fourth-order valence-corrected chi connectivity index (χ4v) is 3.78. The van der Waals surface area contributed by atoms with Gasteiger partial charge in [-0.3, -0.25) is 0 Å². The molecule has 1 saturated heterocycles. The van der Waals surface area contributed by atoms with Gasteiger partial charge in [0.25, 0.3) is 0 Å². The molecule has 1 rings (SSSR count). The van der Waals surface area contributed by atoms with Crippen molar-refractivity contribution in [2.45, 2.75) is 110 Å². The van der Waals surface area contributed by atoms with Crippen molar-refractivity contribution < 1.29 is 18.8 Å². The van der Waals surface area contributed by atoms with Gasteiger partial charge in [0.1, 0.15) is 0 Å². The minimum absolute atomic E-state index is 0.134. The Morgan fingerprint density at radius 2 is 1.60 bits per heavy atom. The minimum atomic E-state index is -1.88. The lowest BCUT2D eigenvalue weighted by Gasteiger charge is -2.39. The largest absolute Gasteiger partial charge is 0.489 e. The van der Waals surface area contributed by atoms with Crippen LogP contribution >= 0.6 is 0 Å². The smallest absolute Gasteiger partial charge is 0.412 e. The monoisotopic (exact) mass is 370 g/mol. The number of hydrogen-bond acceptors (Lipinski definition) is 4. The molecule has 1 heterocycles. The van der Waals surface area contributed by atoms with Crippen LogP contribution in [0.15, 0.2) is 11.5 Å². The molecule has 0 bridgehead atoms. The van der Waals surface area contributed by atoms with Crippen molar-refractivity contribution in [3.63, 3.8) is 0 Å². The van der Waals surface area contributed by atoms with Crippen LogP contribution in [0.2, 0.25) is 18.1 Å². The van der Waals surface area contributed by atoms with Gasteiger partial charge in [-0.1, -0.05) is 26.8 Å². The van der Waals surface area contributed by atoms with Crippen molar-refractivity contribution in [3.8, 4) is 0 Å². The maximum atomic E-state index is 10.5. The number of aliphatic hydroxyl groups is 1. The average Bonchev–Trinajstić information content (AvgIpc) is 2.62. The van der Waals surface area contributed by atoms with E-state index in [1.54, 1.807) is 0 Å². The van der Waals surface area contributed by atoms with Gasteiger partial charge in [0.05, 0.1) is 23.4 Å². The van der Waals surface area contributed by atoms with Crippen LogP contribution in [0.3, 0.4) is 0 Å². The third-order valence-electron chi connectivity index (χ3n) is 6.13. The summed E-state index contributed by atoms with van der Waals surface area (Å²) in [5.74, 6) is 0. The SMILES string of the molecule is C/C(=C\C[C@H](O)[C@@H](C)O[Si](C)(C)C(C)(C)C)B1OC(C)(C)C(C)(C)O1. The zero-order chi connectivity index (χ0) is 19.8. The lowest BCUT2D eigenvalue weighted by Crippen LogP contribution is -2.46. The van der Waals surface area contributed by atoms with Crippen molar-refractivity contribution >= 4 is 15.4 Å². The summed E-state index contributed by atoms with van der Waals surface area (Å²) in [4.78, 5) is 0. The summed E-state index contributed by atoms with van der Waals surface area (Å²) in [6.07, 6.45) is 1.82. The molecule has 2 atom stereocenters. The Morgan fingerprint density at radius 1 is 1.16 bits per heavy atom. The molecule has 1 fully saturated rings. The predicted molar refractivity (Wildman–Crippen MR) is 108 cm³/mol. The third kappa shape index (κ3) is 5.42. The number of rotatable bonds is 6. The number of allylic oxidation sites excluding steroid dienone is 1. The van der Waals surface area contributed by atoms with E-state index in [-0.39, 0.29) is 29.5 Å². The molecule has 1 N–H and O–H groups in total. The molecule has 0 aromatic carbocycles. The second-order valence-electron chi connectivity index (χ2n) is 9.92. The Labute approximate surface area is 156 Å². The van der Waals surface area contributed by atoms with Crippen molar-refractivity contribution in [1.82, 2.24) is 0 Å². The predicted octanol–water partition coefficient (Wildman–Crippen LogP) is 4.73. The van der Waals surface area contributed by atoms with Crippen LogP contribution in [0.1, 0.15) is 68.7 Å². The molecule has 0 radical (unpaired) electrons. The first-order valence-corrected chi connectivity index (χ1v) is 12.3. The highest BCUT2D eigenvalue weighted by molar-refractivity contribution is 6.74. The fourth-order valence-electron chi connectivity index (χ4n) is 2.34. The van der Waals surface area contributed by atoms with Crippen molar-refractivity contribution in [2.24, 2.45) is 0 Å². The third-order valence-corrected chi connectivity index (χ3v) is 10.7. The Bertz CT molecular complexity index is 478. The summed E-state index contributed by atoms with van der Waals surface area (Å²) in [5, 5.41) is 10.6. The molecule has 4 nitrogen and oxygen atoms in total. The quantitative estimate of drug-likeness (QED) is 0.687. The van der Waals surface area contributed by atoms with Crippen LogP contribution in [0.25, 0.3) is 0 Å². The first kappa shape index (κ1) is 22.9. The summed E-state index contributed by atoms with van der Waals surface area (Å²) in [5.41, 5.74) is 0.311. The number of aliphatic hydroxyl groups excluding tert-OH is 1. The van der Waals surface area contributed by atoms with E-state index in [4.69, 9.17) is 13.7 Å². The molecule has 0 aliphatic carbocycles. The fraction of sp³-hybridized carbons (Fsp3) is 0.895. The molecule has 0 aromatic heterocycles. The van der Waals surface area contributed by atoms with Crippen LogP contribution in [0.5, 0.6) is 0 Å². The molecule has 1 aliphatic rings. The van der Waals surface area contributed by atoms with Crippen molar-refractivity contribution in [3.05, 3.63) is 11.5 Å². The Kier molecular flexibility index (Phi) is 6.84. The normalized spacial score (nSPS) is 23.7. The molecule has 146 valence electrons. The molecule has 1 aliphatic heterocycles. The molecule has 0 saturated carbocycles. The molecule has 0 unspecified atom stereocenters. The second-order valence-corrected chi connectivity index (χ2v) is 14.7. The summed E-state index contributed by atoms with van der Waals surface area (Å²) >= 11 is 0. The van der Waals surface area contributed by atoms with Crippen LogP contribution in [0, 0.1) is 0 Å². The Morgan fingerprint density at radius 3 is 2.00 bits per heavy atom. The highest BCUT2D eigenvalue weighted by atomic mass is 28.4. The van der Waals surface area contributed by atoms with E-state index in [0.717, 1.165) is 5.47 Å². The van der Waals surface area contributed by atoms with Crippen molar-refractivity contribution in [1.29, 1.82) is 0 Å². The standard InChI is InChI=1S/C19H39BO4Si/c1-14(20-23-18(6,7)19(8,9)24-20)12-13-16(21)15(2)22-25(10,11)17(3,4)5/h12,15-16,21H,13H2,1-11H3/b14-12+/t15-,16+/m1/s1. The van der Waals surface area contributed by atoms with E-state index in [0.29, 0.717) is 6.42 Å². The van der Waals surface area contributed by atoms with Crippen LogP contribution in [0.4, 0.5) is 0 Å². The average molecular weight is 370 g/mol. The Hall–Kier alpha value is -0.138. The first-order valence-electron chi connectivity index (χ1n) is 9.38. The van der Waals surface area contributed by atoms with Gasteiger partial charge in [-0.05, 0) is 71.6 Å². The summed E-state index contributed by atoms with van der Waals surface area (Å²) < 4.78 is 18.4. The zero-order valence-electron chi connectivity index (χ0n) is 18.2. The van der Waals surface area contributed by atoms with Gasteiger partial charge < -0.3 is 18.8 Å². The van der Waals surface area contributed by atoms with Crippen LogP contribution in [-0.2, 0) is 13.7 Å². The molecule has 6 heteroatoms. The topological polar surface area (TPSA) is 47.9 Å². The van der Waals surface area contributed by atoms with E-state index in [9.17, 15) is 5.11 Å².